The average molecular weight is 416 g/mol. The first kappa shape index (κ1) is 19.1. The second-order valence-corrected chi connectivity index (χ2v) is 8.49. The zero-order valence-electron chi connectivity index (χ0n) is 13.6. The number of nitrogens with zero attached hydrogens (tertiary/aromatic N) is 1. The van der Waals surface area contributed by atoms with Crippen LogP contribution in [0.4, 0.5) is 18.3 Å². The summed E-state index contributed by atoms with van der Waals surface area (Å²) in [6.07, 6.45) is -3.74. The molecular weight excluding hydrogens is 405 g/mol. The quantitative estimate of drug-likeness (QED) is 0.698. The number of halogens is 3. The second kappa shape index (κ2) is 6.82. The van der Waals surface area contributed by atoms with Crippen LogP contribution in [0.15, 0.2) is 47.4 Å². The topological polar surface area (TPSA) is 85.4 Å². The van der Waals surface area contributed by atoms with Crippen LogP contribution >= 0.6 is 11.3 Å². The summed E-state index contributed by atoms with van der Waals surface area (Å²) in [5.41, 5.74) is 0.611. The molecule has 142 valence electrons. The number of rotatable bonds is 4. The van der Waals surface area contributed by atoms with Crippen molar-refractivity contribution in [2.75, 3.05) is 11.6 Å². The Balaban J connectivity index is 1.78. The molecule has 3 aromatic rings. The van der Waals surface area contributed by atoms with Crippen LogP contribution in [0.25, 0.3) is 10.2 Å². The van der Waals surface area contributed by atoms with Crippen LogP contribution in [0.1, 0.15) is 10.4 Å². The third-order valence-electron chi connectivity index (χ3n) is 3.36. The highest BCUT2D eigenvalue weighted by atomic mass is 32.2. The summed E-state index contributed by atoms with van der Waals surface area (Å²) in [5.74, 6) is -0.909. The van der Waals surface area contributed by atoms with Crippen LogP contribution in [0.5, 0.6) is 5.75 Å². The summed E-state index contributed by atoms with van der Waals surface area (Å²) in [6, 6.07) is 8.99. The van der Waals surface area contributed by atoms with Crippen molar-refractivity contribution < 1.29 is 31.1 Å². The Hall–Kier alpha value is -2.66. The van der Waals surface area contributed by atoms with E-state index in [0.717, 1.165) is 23.7 Å². The fraction of sp³-hybridized carbons (Fsp3) is 0.125. The normalized spacial score (nSPS) is 12.1. The molecule has 1 aromatic heterocycles. The van der Waals surface area contributed by atoms with Crippen molar-refractivity contribution in [1.29, 1.82) is 0 Å². The van der Waals surface area contributed by atoms with Crippen LogP contribution in [0.3, 0.4) is 0 Å². The molecule has 3 rings (SSSR count). The number of carbonyl (C=O) groups excluding carboxylic acids is 1. The van der Waals surface area contributed by atoms with Gasteiger partial charge in [0.05, 0.1) is 15.1 Å². The first-order valence-corrected chi connectivity index (χ1v) is 10.00. The van der Waals surface area contributed by atoms with Crippen LogP contribution in [-0.2, 0) is 9.84 Å². The van der Waals surface area contributed by atoms with Crippen LogP contribution in [-0.4, -0.2) is 31.9 Å². The molecule has 27 heavy (non-hydrogen) atoms. The molecule has 0 unspecified atom stereocenters. The molecule has 0 radical (unpaired) electrons. The minimum absolute atomic E-state index is 0.0798. The molecule has 0 saturated heterocycles. The number of aromatic nitrogens is 1. The van der Waals surface area contributed by atoms with E-state index < -0.39 is 22.1 Å². The zero-order valence-corrected chi connectivity index (χ0v) is 15.2. The molecule has 0 aliphatic carbocycles. The highest BCUT2D eigenvalue weighted by molar-refractivity contribution is 7.90. The lowest BCUT2D eigenvalue weighted by Crippen LogP contribution is -2.16. The number of carbonyl (C=O) groups is 1. The van der Waals surface area contributed by atoms with Crippen molar-refractivity contribution in [3.63, 3.8) is 0 Å². The Morgan fingerprint density at radius 1 is 1.15 bits per heavy atom. The number of ether oxygens (including phenoxy) is 1. The molecule has 1 amide bonds. The number of hydrogen-bond acceptors (Lipinski definition) is 6. The number of hydrogen-bond donors (Lipinski definition) is 1. The van der Waals surface area contributed by atoms with E-state index in [1.54, 1.807) is 0 Å². The molecule has 11 heteroatoms. The SMILES string of the molecule is CS(=O)(=O)c1ccc(C(=O)Nc2nc3ccc(OC(F)(F)F)cc3s2)cc1. The Morgan fingerprint density at radius 3 is 2.41 bits per heavy atom. The molecule has 0 fully saturated rings. The highest BCUT2D eigenvalue weighted by Crippen LogP contribution is 2.31. The largest absolute Gasteiger partial charge is 0.573 e. The summed E-state index contributed by atoms with van der Waals surface area (Å²) in [5, 5.41) is 2.72. The second-order valence-electron chi connectivity index (χ2n) is 5.45. The lowest BCUT2D eigenvalue weighted by Gasteiger charge is -2.07. The highest BCUT2D eigenvalue weighted by Gasteiger charge is 2.31. The minimum atomic E-state index is -4.80. The van der Waals surface area contributed by atoms with Gasteiger partial charge in [0, 0.05) is 17.9 Å². The van der Waals surface area contributed by atoms with Crippen molar-refractivity contribution in [3.05, 3.63) is 48.0 Å². The molecule has 1 N–H and O–H groups in total. The summed E-state index contributed by atoms with van der Waals surface area (Å²) >= 11 is 0.982. The van der Waals surface area contributed by atoms with E-state index in [-0.39, 0.29) is 21.3 Å². The van der Waals surface area contributed by atoms with Gasteiger partial charge in [-0.2, -0.15) is 0 Å². The van der Waals surface area contributed by atoms with Gasteiger partial charge in [-0.1, -0.05) is 11.3 Å². The first-order valence-electron chi connectivity index (χ1n) is 7.29. The maximum atomic E-state index is 12.3. The van der Waals surface area contributed by atoms with Gasteiger partial charge in [-0.3, -0.25) is 10.1 Å². The van der Waals surface area contributed by atoms with E-state index in [4.69, 9.17) is 0 Å². The number of sulfone groups is 1. The van der Waals surface area contributed by atoms with Crippen molar-refractivity contribution in [1.82, 2.24) is 4.98 Å². The molecule has 0 spiro atoms. The van der Waals surface area contributed by atoms with E-state index >= 15 is 0 Å². The molecular formula is C16H11F3N2O4S2. The maximum absolute atomic E-state index is 12.3. The van der Waals surface area contributed by atoms with Crippen molar-refractivity contribution in [3.8, 4) is 5.75 Å². The van der Waals surface area contributed by atoms with Crippen molar-refractivity contribution in [2.24, 2.45) is 0 Å². The van der Waals surface area contributed by atoms with Gasteiger partial charge in [0.25, 0.3) is 5.91 Å². The molecule has 0 aliphatic rings. The Morgan fingerprint density at radius 2 is 1.81 bits per heavy atom. The number of nitrogens with one attached hydrogen (secondary N) is 1. The minimum Gasteiger partial charge on any atom is -0.406 e. The monoisotopic (exact) mass is 416 g/mol. The molecule has 0 atom stereocenters. The van der Waals surface area contributed by atoms with E-state index in [9.17, 15) is 26.4 Å². The van der Waals surface area contributed by atoms with Crippen molar-refractivity contribution in [2.45, 2.75) is 11.3 Å². The lowest BCUT2D eigenvalue weighted by molar-refractivity contribution is -0.274. The number of anilines is 1. The molecule has 2 aromatic carbocycles. The first-order chi connectivity index (χ1) is 12.5. The summed E-state index contributed by atoms with van der Waals surface area (Å²) in [4.78, 5) is 16.4. The Bertz CT molecular complexity index is 1110. The fourth-order valence-corrected chi connectivity index (χ4v) is 3.70. The number of benzene rings is 2. The molecule has 0 aliphatic heterocycles. The number of thiazole rings is 1. The summed E-state index contributed by atoms with van der Waals surface area (Å²) < 4.78 is 63.9. The predicted octanol–water partition coefficient (Wildman–Crippen LogP) is 3.85. The smallest absolute Gasteiger partial charge is 0.406 e. The number of alkyl halides is 3. The van der Waals surface area contributed by atoms with Crippen molar-refractivity contribution >= 4 is 42.4 Å². The number of fused-ring (bicyclic) bond motifs is 1. The number of amides is 1. The van der Waals surface area contributed by atoms with Gasteiger partial charge in [0.15, 0.2) is 15.0 Å². The molecule has 6 nitrogen and oxygen atoms in total. The third-order valence-corrected chi connectivity index (χ3v) is 5.42. The van der Waals surface area contributed by atoms with Gasteiger partial charge in [-0.15, -0.1) is 13.2 Å². The van der Waals surface area contributed by atoms with E-state index in [2.05, 4.69) is 15.0 Å². The zero-order chi connectivity index (χ0) is 19.8. The lowest BCUT2D eigenvalue weighted by atomic mass is 10.2. The molecule has 0 saturated carbocycles. The van der Waals surface area contributed by atoms with Crippen LogP contribution < -0.4 is 10.1 Å². The molecule has 0 bridgehead atoms. The summed E-state index contributed by atoms with van der Waals surface area (Å²) in [6.45, 7) is 0. The van der Waals surface area contributed by atoms with Gasteiger partial charge >= 0.3 is 6.36 Å². The van der Waals surface area contributed by atoms with Crippen LogP contribution in [0.2, 0.25) is 0 Å². The van der Waals surface area contributed by atoms with E-state index in [1.165, 1.54) is 36.4 Å². The van der Waals surface area contributed by atoms with E-state index in [0.29, 0.717) is 10.2 Å². The average Bonchev–Trinajstić information content (AvgIpc) is 2.94. The van der Waals surface area contributed by atoms with E-state index in [1.807, 2.05) is 0 Å². The van der Waals surface area contributed by atoms with Gasteiger partial charge in [0.1, 0.15) is 5.75 Å². The maximum Gasteiger partial charge on any atom is 0.573 e. The Kier molecular flexibility index (Phi) is 4.82. The van der Waals surface area contributed by atoms with Gasteiger partial charge in [-0.25, -0.2) is 13.4 Å². The van der Waals surface area contributed by atoms with Crippen LogP contribution in [0, 0.1) is 0 Å². The Labute approximate surface area is 155 Å². The van der Waals surface area contributed by atoms with Gasteiger partial charge < -0.3 is 4.74 Å². The fourth-order valence-electron chi connectivity index (χ4n) is 2.18. The summed E-state index contributed by atoms with van der Waals surface area (Å²) in [7, 11) is -3.37. The molecule has 1 heterocycles. The third kappa shape index (κ3) is 4.74. The van der Waals surface area contributed by atoms with Gasteiger partial charge in [-0.05, 0) is 36.4 Å². The standard InChI is InChI=1S/C16H11F3N2O4S2/c1-27(23,24)11-5-2-9(3-6-11)14(22)21-15-20-12-7-4-10(8-13(12)26-15)25-16(17,18)19/h2-8H,1H3,(H,20,21,22). The van der Waals surface area contributed by atoms with Gasteiger partial charge in [0.2, 0.25) is 0 Å². The predicted molar refractivity (Wildman–Crippen MR) is 93.8 cm³/mol.